The van der Waals surface area contributed by atoms with Crippen LogP contribution in [0.25, 0.3) is 5.78 Å². The van der Waals surface area contributed by atoms with E-state index in [9.17, 15) is 13.2 Å². The van der Waals surface area contributed by atoms with Crippen molar-refractivity contribution < 1.29 is 13.2 Å². The van der Waals surface area contributed by atoms with Gasteiger partial charge in [-0.05, 0) is 26.2 Å². The summed E-state index contributed by atoms with van der Waals surface area (Å²) in [7, 11) is 0. The van der Waals surface area contributed by atoms with E-state index in [1.165, 1.54) is 0 Å². The third kappa shape index (κ3) is 4.08. The van der Waals surface area contributed by atoms with Gasteiger partial charge in [0.15, 0.2) is 0 Å². The minimum absolute atomic E-state index is 0.0645. The van der Waals surface area contributed by atoms with Crippen molar-refractivity contribution in [3.05, 3.63) is 35.7 Å². The largest absolute Gasteiger partial charge is 0.453 e. The summed E-state index contributed by atoms with van der Waals surface area (Å²) in [5.74, 6) is 0.113. The van der Waals surface area contributed by atoms with Crippen molar-refractivity contribution in [3.8, 4) is 0 Å². The van der Waals surface area contributed by atoms with Gasteiger partial charge in [0, 0.05) is 42.7 Å². The van der Waals surface area contributed by atoms with E-state index in [-0.39, 0.29) is 11.8 Å². The minimum atomic E-state index is -4.61. The van der Waals surface area contributed by atoms with E-state index in [0.29, 0.717) is 11.5 Å². The van der Waals surface area contributed by atoms with Gasteiger partial charge in [-0.2, -0.15) is 22.7 Å². The number of halogens is 3. The zero-order valence-corrected chi connectivity index (χ0v) is 16.1. The molecule has 4 heterocycles. The molecule has 3 aromatic rings. The third-order valence-electron chi connectivity index (χ3n) is 4.94. The first kappa shape index (κ1) is 19.3. The molecule has 1 aliphatic rings. The number of aromatic nitrogens is 6. The number of nitrogens with one attached hydrogen (secondary N) is 1. The lowest BCUT2D eigenvalue weighted by Crippen LogP contribution is -2.40. The van der Waals surface area contributed by atoms with Crippen molar-refractivity contribution in [1.29, 1.82) is 0 Å². The summed E-state index contributed by atoms with van der Waals surface area (Å²) in [6.45, 7) is 5.34. The maximum absolute atomic E-state index is 13.0. The van der Waals surface area contributed by atoms with Gasteiger partial charge in [0.2, 0.25) is 0 Å². The van der Waals surface area contributed by atoms with E-state index in [4.69, 9.17) is 0 Å². The van der Waals surface area contributed by atoms with Crippen LogP contribution in [0.5, 0.6) is 0 Å². The normalized spacial score (nSPS) is 15.8. The third-order valence-corrected chi connectivity index (χ3v) is 4.94. The highest BCUT2D eigenvalue weighted by atomic mass is 19.4. The lowest BCUT2D eigenvalue weighted by Gasteiger charge is -2.33. The van der Waals surface area contributed by atoms with E-state index in [1.807, 2.05) is 13.0 Å². The topological polar surface area (TPSA) is 84.1 Å². The zero-order chi connectivity index (χ0) is 20.6. The number of piperidine rings is 1. The molecule has 0 amide bonds. The maximum Gasteiger partial charge on any atom is 0.453 e. The summed E-state index contributed by atoms with van der Waals surface area (Å²) in [6, 6.07) is 3.78. The fraction of sp³-hybridized carbons (Fsp3) is 0.500. The van der Waals surface area contributed by atoms with Crippen molar-refractivity contribution in [2.24, 2.45) is 0 Å². The van der Waals surface area contributed by atoms with Gasteiger partial charge in [-0.15, -0.1) is 5.10 Å². The van der Waals surface area contributed by atoms with Gasteiger partial charge in [0.1, 0.15) is 18.0 Å². The lowest BCUT2D eigenvalue weighted by molar-refractivity contribution is -0.144. The molecule has 29 heavy (non-hydrogen) atoms. The highest BCUT2D eigenvalue weighted by molar-refractivity contribution is 5.47. The van der Waals surface area contributed by atoms with E-state index < -0.39 is 12.0 Å². The predicted molar refractivity (Wildman–Crippen MR) is 101 cm³/mol. The zero-order valence-electron chi connectivity index (χ0n) is 16.1. The minimum Gasteiger partial charge on any atom is -0.367 e. The van der Waals surface area contributed by atoms with Crippen LogP contribution in [0.3, 0.4) is 0 Å². The first-order valence-electron chi connectivity index (χ1n) is 9.47. The van der Waals surface area contributed by atoms with Crippen molar-refractivity contribution in [3.63, 3.8) is 0 Å². The van der Waals surface area contributed by atoms with Crippen LogP contribution < -0.4 is 10.2 Å². The van der Waals surface area contributed by atoms with Crippen LogP contribution in [-0.2, 0) is 12.6 Å². The molecule has 11 heteroatoms. The van der Waals surface area contributed by atoms with Gasteiger partial charge in [-0.1, -0.05) is 6.92 Å². The molecule has 0 saturated carbocycles. The van der Waals surface area contributed by atoms with Crippen LogP contribution in [0, 0.1) is 6.92 Å². The average Bonchev–Trinajstić information content (AvgIpc) is 3.13. The Morgan fingerprint density at radius 3 is 2.59 bits per heavy atom. The quantitative estimate of drug-likeness (QED) is 0.713. The van der Waals surface area contributed by atoms with Gasteiger partial charge in [0.05, 0.1) is 0 Å². The summed E-state index contributed by atoms with van der Waals surface area (Å²) in [5, 5.41) is 6.92. The molecule has 0 bridgehead atoms. The van der Waals surface area contributed by atoms with Gasteiger partial charge >= 0.3 is 6.18 Å². The molecule has 1 N–H and O–H groups in total. The summed E-state index contributed by atoms with van der Waals surface area (Å²) in [5.41, 5.74) is 1.57. The summed E-state index contributed by atoms with van der Waals surface area (Å²) < 4.78 is 40.0. The van der Waals surface area contributed by atoms with Crippen LogP contribution >= 0.6 is 0 Å². The SMILES string of the molecule is CCc1cc(N2CCC(Nc3cc(C)nc4nc(C(F)(F)F)nn34)CC2)ncn1. The Kier molecular flexibility index (Phi) is 4.97. The highest BCUT2D eigenvalue weighted by Crippen LogP contribution is 2.28. The molecule has 0 atom stereocenters. The Morgan fingerprint density at radius 2 is 1.90 bits per heavy atom. The molecule has 1 fully saturated rings. The molecule has 0 unspecified atom stereocenters. The fourth-order valence-corrected chi connectivity index (χ4v) is 3.42. The molecule has 0 aromatic carbocycles. The van der Waals surface area contributed by atoms with Crippen molar-refractivity contribution >= 4 is 17.4 Å². The van der Waals surface area contributed by atoms with Crippen LogP contribution in [0.1, 0.15) is 37.0 Å². The number of rotatable bonds is 4. The lowest BCUT2D eigenvalue weighted by atomic mass is 10.0. The predicted octanol–water partition coefficient (Wildman–Crippen LogP) is 2.88. The molecule has 0 spiro atoms. The molecule has 0 aliphatic carbocycles. The van der Waals surface area contributed by atoms with Gasteiger partial charge in [0.25, 0.3) is 11.6 Å². The Bertz CT molecular complexity index is 1010. The van der Waals surface area contributed by atoms with Crippen molar-refractivity contribution in [2.75, 3.05) is 23.3 Å². The Balaban J connectivity index is 1.49. The second-order valence-corrected chi connectivity index (χ2v) is 7.05. The molecule has 1 aliphatic heterocycles. The van der Waals surface area contributed by atoms with E-state index in [2.05, 4.69) is 35.3 Å². The maximum atomic E-state index is 13.0. The smallest absolute Gasteiger partial charge is 0.367 e. The monoisotopic (exact) mass is 406 g/mol. The summed E-state index contributed by atoms with van der Waals surface area (Å²) in [4.78, 5) is 18.4. The van der Waals surface area contributed by atoms with E-state index >= 15 is 0 Å². The molecule has 4 rings (SSSR count). The number of hydrogen-bond acceptors (Lipinski definition) is 7. The molecule has 8 nitrogen and oxygen atoms in total. The average molecular weight is 406 g/mol. The highest BCUT2D eigenvalue weighted by Gasteiger charge is 2.37. The van der Waals surface area contributed by atoms with Gasteiger partial charge in [-0.25, -0.2) is 15.0 Å². The second-order valence-electron chi connectivity index (χ2n) is 7.05. The van der Waals surface area contributed by atoms with Crippen LogP contribution in [0.15, 0.2) is 18.5 Å². The first-order chi connectivity index (χ1) is 13.8. The van der Waals surface area contributed by atoms with Gasteiger partial charge < -0.3 is 10.2 Å². The molecule has 0 radical (unpaired) electrons. The molecule has 154 valence electrons. The Morgan fingerprint density at radius 1 is 1.14 bits per heavy atom. The standard InChI is InChI=1S/C18H21F3N8/c1-3-12-9-14(23-10-22-12)28-6-4-13(5-7-28)25-15-8-11(2)24-17-26-16(18(19,20)21)27-29(15)17/h8-10,13,25H,3-7H2,1-2H3. The number of anilines is 2. The number of hydrogen-bond donors (Lipinski definition) is 1. The van der Waals surface area contributed by atoms with Crippen LogP contribution in [0.2, 0.25) is 0 Å². The summed E-state index contributed by atoms with van der Waals surface area (Å²) in [6.07, 6.45) is -0.552. The van der Waals surface area contributed by atoms with Crippen LogP contribution in [-0.4, -0.2) is 48.7 Å². The summed E-state index contributed by atoms with van der Waals surface area (Å²) >= 11 is 0. The number of aryl methyl sites for hydroxylation is 2. The molecular formula is C18H21F3N8. The Labute approximate surface area is 165 Å². The van der Waals surface area contributed by atoms with Gasteiger partial charge in [-0.3, -0.25) is 0 Å². The molecular weight excluding hydrogens is 385 g/mol. The molecule has 1 saturated heterocycles. The fourth-order valence-electron chi connectivity index (χ4n) is 3.42. The van der Waals surface area contributed by atoms with Crippen molar-refractivity contribution in [2.45, 2.75) is 45.3 Å². The number of nitrogens with zero attached hydrogens (tertiary/aromatic N) is 7. The molecule has 3 aromatic heterocycles. The number of alkyl halides is 3. The Hall–Kier alpha value is -2.98. The van der Waals surface area contributed by atoms with E-state index in [0.717, 1.165) is 48.4 Å². The second kappa shape index (κ2) is 7.45. The van der Waals surface area contributed by atoms with Crippen LogP contribution in [0.4, 0.5) is 24.8 Å². The van der Waals surface area contributed by atoms with E-state index in [1.54, 1.807) is 19.3 Å². The first-order valence-corrected chi connectivity index (χ1v) is 9.47. The number of fused-ring (bicyclic) bond motifs is 1. The van der Waals surface area contributed by atoms with Crippen molar-refractivity contribution in [1.82, 2.24) is 29.5 Å².